The van der Waals surface area contributed by atoms with Gasteiger partial charge in [-0.2, -0.15) is 5.26 Å². The standard InChI is InChI=1S/C17H14N4O3/c1-11(19)13(8-18)16(22)10-24-17(23)7-6-12-9-20-14-4-2-3-5-15(14)21-12/h2-7,9,13,19H,10H2,1H3/b7-6+,19-11?. The number of carbonyl (C=O) groups excluding carboxylic acids is 2. The molecule has 24 heavy (non-hydrogen) atoms. The van der Waals surface area contributed by atoms with E-state index >= 15 is 0 Å². The van der Waals surface area contributed by atoms with E-state index in [9.17, 15) is 9.59 Å². The molecule has 0 aliphatic rings. The largest absolute Gasteiger partial charge is 0.454 e. The maximum atomic E-state index is 11.7. The number of ether oxygens (including phenoxy) is 1. The van der Waals surface area contributed by atoms with Crippen LogP contribution in [-0.4, -0.2) is 34.0 Å². The number of ketones is 1. The van der Waals surface area contributed by atoms with Crippen LogP contribution in [0.15, 0.2) is 36.5 Å². The summed E-state index contributed by atoms with van der Waals surface area (Å²) in [6.45, 7) is 0.799. The smallest absolute Gasteiger partial charge is 0.331 e. The lowest BCUT2D eigenvalue weighted by Gasteiger charge is -2.05. The SMILES string of the molecule is CC(=N)C(C#N)C(=O)COC(=O)/C=C/c1cnc2ccccc2n1. The minimum Gasteiger partial charge on any atom is -0.454 e. The first kappa shape index (κ1) is 17.0. The molecule has 0 aliphatic carbocycles. The van der Waals surface area contributed by atoms with Crippen LogP contribution in [0, 0.1) is 22.7 Å². The van der Waals surface area contributed by atoms with Crippen molar-refractivity contribution in [3.05, 3.63) is 42.2 Å². The van der Waals surface area contributed by atoms with Crippen molar-refractivity contribution >= 4 is 34.6 Å². The van der Waals surface area contributed by atoms with Crippen molar-refractivity contribution in [2.24, 2.45) is 5.92 Å². The van der Waals surface area contributed by atoms with Crippen molar-refractivity contribution < 1.29 is 14.3 Å². The number of hydrogen-bond acceptors (Lipinski definition) is 7. The van der Waals surface area contributed by atoms with Crippen LogP contribution in [-0.2, 0) is 14.3 Å². The van der Waals surface area contributed by atoms with E-state index in [-0.39, 0.29) is 5.71 Å². The molecule has 0 bridgehead atoms. The van der Waals surface area contributed by atoms with Gasteiger partial charge < -0.3 is 10.1 Å². The summed E-state index contributed by atoms with van der Waals surface area (Å²) in [6.07, 6.45) is 4.07. The van der Waals surface area contributed by atoms with Crippen LogP contribution in [0.2, 0.25) is 0 Å². The number of para-hydroxylation sites is 2. The molecule has 2 rings (SSSR count). The number of rotatable bonds is 6. The third-order valence-corrected chi connectivity index (χ3v) is 3.10. The van der Waals surface area contributed by atoms with Gasteiger partial charge in [0.2, 0.25) is 0 Å². The Morgan fingerprint density at radius 2 is 2.08 bits per heavy atom. The van der Waals surface area contributed by atoms with Crippen LogP contribution in [0.25, 0.3) is 17.1 Å². The van der Waals surface area contributed by atoms with Gasteiger partial charge in [-0.25, -0.2) is 9.78 Å². The van der Waals surface area contributed by atoms with E-state index in [4.69, 9.17) is 15.4 Å². The number of nitrogens with zero attached hydrogens (tertiary/aromatic N) is 3. The van der Waals surface area contributed by atoms with Crippen LogP contribution >= 0.6 is 0 Å². The number of esters is 1. The lowest BCUT2D eigenvalue weighted by molar-refractivity contribution is -0.143. The number of nitrogens with one attached hydrogen (secondary N) is 1. The molecule has 1 unspecified atom stereocenters. The molecular formula is C17H14N4O3. The fraction of sp³-hybridized carbons (Fsp3) is 0.176. The Bertz CT molecular complexity index is 868. The van der Waals surface area contributed by atoms with E-state index in [1.165, 1.54) is 19.2 Å². The minimum atomic E-state index is -1.19. The van der Waals surface area contributed by atoms with E-state index in [2.05, 4.69) is 9.97 Å². The maximum Gasteiger partial charge on any atom is 0.331 e. The van der Waals surface area contributed by atoms with Crippen molar-refractivity contribution in [3.63, 3.8) is 0 Å². The van der Waals surface area contributed by atoms with Gasteiger partial charge in [0.1, 0.15) is 5.92 Å². The molecule has 0 saturated carbocycles. The molecule has 0 radical (unpaired) electrons. The van der Waals surface area contributed by atoms with Crippen LogP contribution < -0.4 is 0 Å². The van der Waals surface area contributed by atoms with E-state index < -0.39 is 24.3 Å². The Balaban J connectivity index is 1.96. The third-order valence-electron chi connectivity index (χ3n) is 3.10. The summed E-state index contributed by atoms with van der Waals surface area (Å²) < 4.78 is 4.77. The Kier molecular flexibility index (Phi) is 5.47. The number of carbonyl (C=O) groups is 2. The molecule has 1 heterocycles. The highest BCUT2D eigenvalue weighted by molar-refractivity contribution is 6.06. The molecule has 1 N–H and O–H groups in total. The van der Waals surface area contributed by atoms with Gasteiger partial charge >= 0.3 is 5.97 Å². The molecule has 1 aromatic carbocycles. The summed E-state index contributed by atoms with van der Waals surface area (Å²) in [6, 6.07) is 9.02. The maximum absolute atomic E-state index is 11.7. The normalized spacial score (nSPS) is 11.8. The first-order valence-electron chi connectivity index (χ1n) is 7.05. The Hall–Kier alpha value is -3.40. The zero-order valence-corrected chi connectivity index (χ0v) is 12.9. The van der Waals surface area contributed by atoms with E-state index in [1.807, 2.05) is 18.2 Å². The highest BCUT2D eigenvalue weighted by atomic mass is 16.5. The quantitative estimate of drug-likeness (QED) is 0.493. The van der Waals surface area contributed by atoms with E-state index in [0.29, 0.717) is 11.2 Å². The average molecular weight is 322 g/mol. The second kappa shape index (κ2) is 7.74. The summed E-state index contributed by atoms with van der Waals surface area (Å²) in [5.41, 5.74) is 1.83. The summed E-state index contributed by atoms with van der Waals surface area (Å²) in [5.74, 6) is -2.55. The summed E-state index contributed by atoms with van der Waals surface area (Å²) in [7, 11) is 0. The second-order valence-electron chi connectivity index (χ2n) is 4.94. The van der Waals surface area contributed by atoms with E-state index in [1.54, 1.807) is 12.1 Å². The number of fused-ring (bicyclic) bond motifs is 1. The Labute approximate surface area is 138 Å². The third kappa shape index (κ3) is 4.30. The van der Waals surface area contributed by atoms with Gasteiger partial charge in [-0.1, -0.05) is 12.1 Å². The molecular weight excluding hydrogens is 308 g/mol. The molecule has 0 aliphatic heterocycles. The lowest BCUT2D eigenvalue weighted by atomic mass is 10.0. The predicted octanol–water partition coefficient (Wildman–Crippen LogP) is 1.93. The second-order valence-corrected chi connectivity index (χ2v) is 4.94. The zero-order chi connectivity index (χ0) is 17.5. The van der Waals surface area contributed by atoms with Crippen LogP contribution in [0.4, 0.5) is 0 Å². The van der Waals surface area contributed by atoms with Crippen LogP contribution in [0.3, 0.4) is 0 Å². The summed E-state index contributed by atoms with van der Waals surface area (Å²) in [4.78, 5) is 31.8. The molecule has 120 valence electrons. The van der Waals surface area contributed by atoms with Gasteiger partial charge in [0.25, 0.3) is 0 Å². The van der Waals surface area contributed by atoms with E-state index in [0.717, 1.165) is 11.6 Å². The molecule has 7 nitrogen and oxygen atoms in total. The molecule has 0 fully saturated rings. The monoisotopic (exact) mass is 322 g/mol. The van der Waals surface area contributed by atoms with Gasteiger partial charge in [-0.05, 0) is 25.1 Å². The average Bonchev–Trinajstić information content (AvgIpc) is 2.58. The molecule has 0 spiro atoms. The van der Waals surface area contributed by atoms with Crippen molar-refractivity contribution in [1.29, 1.82) is 10.7 Å². The van der Waals surface area contributed by atoms with Gasteiger partial charge in [0.15, 0.2) is 12.4 Å². The van der Waals surface area contributed by atoms with Gasteiger partial charge in [0, 0.05) is 11.8 Å². The molecule has 1 aromatic heterocycles. The van der Waals surface area contributed by atoms with Crippen molar-refractivity contribution in [3.8, 4) is 6.07 Å². The van der Waals surface area contributed by atoms with Crippen LogP contribution in [0.5, 0.6) is 0 Å². The first-order chi connectivity index (χ1) is 11.5. The summed E-state index contributed by atoms with van der Waals surface area (Å²) in [5, 5.41) is 16.1. The lowest BCUT2D eigenvalue weighted by Crippen LogP contribution is -2.25. The Morgan fingerprint density at radius 1 is 1.38 bits per heavy atom. The van der Waals surface area contributed by atoms with Gasteiger partial charge in [-0.15, -0.1) is 0 Å². The highest BCUT2D eigenvalue weighted by Crippen LogP contribution is 2.09. The minimum absolute atomic E-state index is 0.0828. The molecule has 0 saturated heterocycles. The topological polar surface area (TPSA) is 117 Å². The molecule has 0 amide bonds. The first-order valence-corrected chi connectivity index (χ1v) is 7.05. The summed E-state index contributed by atoms with van der Waals surface area (Å²) >= 11 is 0. The highest BCUT2D eigenvalue weighted by Gasteiger charge is 2.20. The fourth-order valence-corrected chi connectivity index (χ4v) is 1.89. The Morgan fingerprint density at radius 3 is 2.75 bits per heavy atom. The van der Waals surface area contributed by atoms with Crippen molar-refractivity contribution in [2.75, 3.05) is 6.61 Å². The number of nitriles is 1. The van der Waals surface area contributed by atoms with Crippen LogP contribution in [0.1, 0.15) is 12.6 Å². The van der Waals surface area contributed by atoms with Crippen molar-refractivity contribution in [2.45, 2.75) is 6.92 Å². The fourth-order valence-electron chi connectivity index (χ4n) is 1.89. The van der Waals surface area contributed by atoms with Gasteiger partial charge in [-0.3, -0.25) is 9.78 Å². The molecule has 2 aromatic rings. The van der Waals surface area contributed by atoms with Crippen molar-refractivity contribution in [1.82, 2.24) is 9.97 Å². The number of benzene rings is 1. The predicted molar refractivity (Wildman–Crippen MR) is 87.0 cm³/mol. The zero-order valence-electron chi connectivity index (χ0n) is 12.9. The number of aromatic nitrogens is 2. The number of Topliss-reactive ketones (excluding diaryl/α,β-unsaturated/α-hetero) is 1. The van der Waals surface area contributed by atoms with Gasteiger partial charge in [0.05, 0.1) is 29.0 Å². The molecule has 7 heteroatoms. The molecule has 1 atom stereocenters. The number of hydrogen-bond donors (Lipinski definition) is 1.